The number of benzene rings is 3. The summed E-state index contributed by atoms with van der Waals surface area (Å²) in [4.78, 5) is 2.52. The fourth-order valence-electron chi connectivity index (χ4n) is 2.91. The zero-order chi connectivity index (χ0) is 23.1. The van der Waals surface area contributed by atoms with E-state index in [1.807, 2.05) is 55.5 Å². The summed E-state index contributed by atoms with van der Waals surface area (Å²) in [5, 5.41) is 4.30. The van der Waals surface area contributed by atoms with Gasteiger partial charge in [-0.1, -0.05) is 43.7 Å². The van der Waals surface area contributed by atoms with Gasteiger partial charge in [-0.3, -0.25) is 0 Å². The number of hydrazone groups is 1. The maximum Gasteiger partial charge on any atom is 0.276 e. The maximum absolute atomic E-state index is 12.8. The molecule has 0 saturated carbocycles. The first-order valence-corrected chi connectivity index (χ1v) is 11.8. The van der Waals surface area contributed by atoms with Gasteiger partial charge in [0.2, 0.25) is 0 Å². The molecule has 1 N–H and O–H groups in total. The van der Waals surface area contributed by atoms with Crippen LogP contribution in [-0.2, 0) is 10.0 Å². The summed E-state index contributed by atoms with van der Waals surface area (Å²) in [6, 6.07) is 21.3. The smallest absolute Gasteiger partial charge is 0.276 e. The molecule has 0 heterocycles. The summed E-state index contributed by atoms with van der Waals surface area (Å²) in [7, 11) is -2.24. The van der Waals surface area contributed by atoms with E-state index in [0.29, 0.717) is 29.5 Å². The number of hydrogen-bond donors (Lipinski definition) is 1. The van der Waals surface area contributed by atoms with E-state index >= 15 is 0 Å². The van der Waals surface area contributed by atoms with Crippen LogP contribution in [0.15, 0.2) is 82.8 Å². The highest BCUT2D eigenvalue weighted by atomic mass is 32.2. The second-order valence-corrected chi connectivity index (χ2v) is 9.49. The predicted molar refractivity (Wildman–Crippen MR) is 127 cm³/mol. The van der Waals surface area contributed by atoms with Crippen molar-refractivity contribution in [1.82, 2.24) is 4.83 Å². The molecule has 6 nitrogen and oxygen atoms in total. The van der Waals surface area contributed by atoms with Crippen LogP contribution < -0.4 is 14.3 Å². The number of rotatable bonds is 9. The SMILES string of the molecule is COc1cccc(C(=NNS(=O)(=O)c2ccc(C)cc2)c2ccc(OCC(C)C)cc2)c1. The number of nitrogens with zero attached hydrogens (tertiary/aromatic N) is 1. The highest BCUT2D eigenvalue weighted by Gasteiger charge is 2.15. The van der Waals surface area contributed by atoms with Gasteiger partial charge in [0.1, 0.15) is 11.5 Å². The van der Waals surface area contributed by atoms with Gasteiger partial charge in [0, 0.05) is 11.1 Å². The monoisotopic (exact) mass is 452 g/mol. The molecule has 0 unspecified atom stereocenters. The van der Waals surface area contributed by atoms with Gasteiger partial charge in [-0.05, 0) is 61.4 Å². The van der Waals surface area contributed by atoms with Gasteiger partial charge in [-0.15, -0.1) is 0 Å². The van der Waals surface area contributed by atoms with Crippen LogP contribution in [0, 0.1) is 12.8 Å². The van der Waals surface area contributed by atoms with Crippen molar-refractivity contribution < 1.29 is 17.9 Å². The van der Waals surface area contributed by atoms with Crippen molar-refractivity contribution in [1.29, 1.82) is 0 Å². The molecule has 7 heteroatoms. The van der Waals surface area contributed by atoms with Crippen molar-refractivity contribution in [3.8, 4) is 11.5 Å². The van der Waals surface area contributed by atoms with Crippen LogP contribution >= 0.6 is 0 Å². The lowest BCUT2D eigenvalue weighted by Gasteiger charge is -2.12. The third kappa shape index (κ3) is 6.11. The molecule has 0 aliphatic rings. The van der Waals surface area contributed by atoms with Crippen molar-refractivity contribution in [3.63, 3.8) is 0 Å². The zero-order valence-electron chi connectivity index (χ0n) is 18.7. The van der Waals surface area contributed by atoms with Gasteiger partial charge in [-0.2, -0.15) is 18.4 Å². The summed E-state index contributed by atoms with van der Waals surface area (Å²) in [6.45, 7) is 6.69. The molecular formula is C25H28N2O4S. The van der Waals surface area contributed by atoms with E-state index in [9.17, 15) is 8.42 Å². The molecule has 0 aliphatic carbocycles. The van der Waals surface area contributed by atoms with Gasteiger partial charge < -0.3 is 9.47 Å². The molecular weight excluding hydrogens is 424 g/mol. The Bertz CT molecular complexity index is 1170. The molecule has 168 valence electrons. The Labute approximate surface area is 190 Å². The minimum atomic E-state index is -3.82. The molecule has 0 amide bonds. The van der Waals surface area contributed by atoms with Crippen LogP contribution in [0.25, 0.3) is 0 Å². The average Bonchev–Trinajstić information content (AvgIpc) is 2.79. The number of ether oxygens (including phenoxy) is 2. The minimum Gasteiger partial charge on any atom is -0.497 e. The summed E-state index contributed by atoms with van der Waals surface area (Å²) in [6.07, 6.45) is 0. The molecule has 0 saturated heterocycles. The molecule has 0 atom stereocenters. The van der Waals surface area contributed by atoms with E-state index in [2.05, 4.69) is 23.8 Å². The normalized spacial score (nSPS) is 12.0. The van der Waals surface area contributed by atoms with Gasteiger partial charge in [0.25, 0.3) is 10.0 Å². The lowest BCUT2D eigenvalue weighted by Crippen LogP contribution is -2.21. The summed E-state index contributed by atoms with van der Waals surface area (Å²) >= 11 is 0. The van der Waals surface area contributed by atoms with E-state index in [0.717, 1.165) is 16.9 Å². The highest BCUT2D eigenvalue weighted by molar-refractivity contribution is 7.89. The lowest BCUT2D eigenvalue weighted by atomic mass is 10.0. The van der Waals surface area contributed by atoms with Crippen LogP contribution in [0.2, 0.25) is 0 Å². The number of nitrogens with one attached hydrogen (secondary N) is 1. The van der Waals surface area contributed by atoms with Crippen LogP contribution in [0.3, 0.4) is 0 Å². The first-order chi connectivity index (χ1) is 15.3. The zero-order valence-corrected chi connectivity index (χ0v) is 19.5. The average molecular weight is 453 g/mol. The predicted octanol–water partition coefficient (Wildman–Crippen LogP) is 4.77. The summed E-state index contributed by atoms with van der Waals surface area (Å²) < 4.78 is 36.6. The summed E-state index contributed by atoms with van der Waals surface area (Å²) in [5.41, 5.74) is 2.90. The van der Waals surface area contributed by atoms with Crippen LogP contribution in [-0.4, -0.2) is 27.8 Å². The Balaban J connectivity index is 1.96. The van der Waals surface area contributed by atoms with E-state index in [1.54, 1.807) is 31.4 Å². The minimum absolute atomic E-state index is 0.147. The van der Waals surface area contributed by atoms with E-state index in [4.69, 9.17) is 9.47 Å². The molecule has 0 spiro atoms. The molecule has 3 rings (SSSR count). The Kier molecular flexibility index (Phi) is 7.53. The maximum atomic E-state index is 12.8. The van der Waals surface area contributed by atoms with Crippen LogP contribution in [0.5, 0.6) is 11.5 Å². The number of aryl methyl sites for hydroxylation is 1. The number of methoxy groups -OCH3 is 1. The molecule has 0 aliphatic heterocycles. The molecule has 0 fully saturated rings. The van der Waals surface area contributed by atoms with Crippen LogP contribution in [0.4, 0.5) is 0 Å². The largest absolute Gasteiger partial charge is 0.497 e. The lowest BCUT2D eigenvalue weighted by molar-refractivity contribution is 0.271. The molecule has 32 heavy (non-hydrogen) atoms. The van der Waals surface area contributed by atoms with E-state index < -0.39 is 10.0 Å². The fraction of sp³-hybridized carbons (Fsp3) is 0.240. The standard InChI is InChI=1S/C25H28N2O4S/c1-18(2)17-31-22-12-10-20(11-13-22)25(21-6-5-7-23(16-21)30-4)26-27-32(28,29)24-14-8-19(3)9-15-24/h5-16,18,27H,17H2,1-4H3. The third-order valence-corrected chi connectivity index (χ3v) is 5.89. The van der Waals surface area contributed by atoms with Gasteiger partial charge in [0.15, 0.2) is 0 Å². The van der Waals surface area contributed by atoms with Crippen molar-refractivity contribution in [2.75, 3.05) is 13.7 Å². The van der Waals surface area contributed by atoms with Gasteiger partial charge in [-0.25, -0.2) is 0 Å². The Morgan fingerprint density at radius 1 is 0.938 bits per heavy atom. The summed E-state index contributed by atoms with van der Waals surface area (Å²) in [5.74, 6) is 1.81. The van der Waals surface area contributed by atoms with Crippen LogP contribution in [0.1, 0.15) is 30.5 Å². The van der Waals surface area contributed by atoms with E-state index in [1.165, 1.54) is 0 Å². The Morgan fingerprint density at radius 3 is 2.25 bits per heavy atom. The first-order valence-electron chi connectivity index (χ1n) is 10.3. The van der Waals surface area contributed by atoms with Gasteiger partial charge >= 0.3 is 0 Å². The van der Waals surface area contributed by atoms with Crippen molar-refractivity contribution >= 4 is 15.7 Å². The van der Waals surface area contributed by atoms with Gasteiger partial charge in [0.05, 0.1) is 24.3 Å². The van der Waals surface area contributed by atoms with Crippen molar-refractivity contribution in [2.45, 2.75) is 25.7 Å². The Morgan fingerprint density at radius 2 is 1.62 bits per heavy atom. The topological polar surface area (TPSA) is 77.0 Å². The fourth-order valence-corrected chi connectivity index (χ4v) is 3.73. The molecule has 3 aromatic rings. The van der Waals surface area contributed by atoms with Crippen molar-refractivity contribution in [3.05, 3.63) is 89.5 Å². The number of sulfonamides is 1. The molecule has 0 aromatic heterocycles. The van der Waals surface area contributed by atoms with E-state index in [-0.39, 0.29) is 4.90 Å². The first kappa shape index (κ1) is 23.3. The Hall–Kier alpha value is -3.32. The number of hydrogen-bond acceptors (Lipinski definition) is 5. The second kappa shape index (κ2) is 10.3. The molecule has 3 aromatic carbocycles. The van der Waals surface area contributed by atoms with Crippen molar-refractivity contribution in [2.24, 2.45) is 11.0 Å². The molecule has 0 radical (unpaired) electrons. The second-order valence-electron chi connectivity index (χ2n) is 7.83. The third-order valence-electron chi connectivity index (χ3n) is 4.66. The highest BCUT2D eigenvalue weighted by Crippen LogP contribution is 2.20. The molecule has 0 bridgehead atoms. The quantitative estimate of drug-likeness (QED) is 0.375.